The summed E-state index contributed by atoms with van der Waals surface area (Å²) in [7, 11) is 0. The number of thioether (sulfide) groups is 1. The Morgan fingerprint density at radius 2 is 1.19 bits per heavy atom. The normalized spacial score (nSPS) is 15.4. The summed E-state index contributed by atoms with van der Waals surface area (Å²) in [5.74, 6) is 0.880. The van der Waals surface area contributed by atoms with Crippen molar-refractivity contribution >= 4 is 11.8 Å². The van der Waals surface area contributed by atoms with Crippen LogP contribution < -0.4 is 0 Å². The first-order valence-electron chi connectivity index (χ1n) is 13.8. The summed E-state index contributed by atoms with van der Waals surface area (Å²) in [6, 6.07) is 20.0. The molecule has 1 aromatic heterocycles. The fraction of sp³-hybridized carbons (Fsp3) is 0.485. The first-order chi connectivity index (χ1) is 17.5. The van der Waals surface area contributed by atoms with E-state index in [0.717, 1.165) is 6.42 Å². The van der Waals surface area contributed by atoms with E-state index >= 15 is 0 Å². The Morgan fingerprint density at radius 1 is 0.722 bits per heavy atom. The minimum Gasteiger partial charge on any atom is -0.265 e. The van der Waals surface area contributed by atoms with Crippen LogP contribution in [0.15, 0.2) is 78.0 Å². The Morgan fingerprint density at radius 3 is 1.67 bits per heavy atom. The van der Waals surface area contributed by atoms with Gasteiger partial charge >= 0.3 is 0 Å². The van der Waals surface area contributed by atoms with Gasteiger partial charge in [0, 0.05) is 17.3 Å². The first-order valence-corrected chi connectivity index (χ1v) is 15.0. The third-order valence-electron chi connectivity index (χ3n) is 6.93. The van der Waals surface area contributed by atoms with Crippen molar-refractivity contribution in [2.75, 3.05) is 6.26 Å². The summed E-state index contributed by atoms with van der Waals surface area (Å²) in [6.45, 7) is 8.78. The largest absolute Gasteiger partial charge is 0.265 e. The second kappa shape index (κ2) is 17.3. The highest BCUT2D eigenvalue weighted by Crippen LogP contribution is 2.40. The van der Waals surface area contributed by atoms with E-state index in [1.807, 2.05) is 24.5 Å². The smallest absolute Gasteiger partial charge is 0.123 e. The van der Waals surface area contributed by atoms with Gasteiger partial charge in [0.25, 0.3) is 0 Å². The molecule has 3 atom stereocenters. The number of halogens is 1. The molecule has 0 radical (unpaired) electrons. The topological polar surface area (TPSA) is 12.9 Å². The van der Waals surface area contributed by atoms with Crippen LogP contribution in [0, 0.1) is 5.82 Å². The summed E-state index contributed by atoms with van der Waals surface area (Å²) in [6.07, 6.45) is 17.1. The lowest BCUT2D eigenvalue weighted by Gasteiger charge is -2.28. The Bertz CT molecular complexity index is 924. The maximum Gasteiger partial charge on any atom is 0.123 e. The molecule has 1 aliphatic carbocycles. The second-order valence-corrected chi connectivity index (χ2v) is 10.8. The highest BCUT2D eigenvalue weighted by molar-refractivity contribution is 7.98. The van der Waals surface area contributed by atoms with Crippen molar-refractivity contribution in [1.29, 1.82) is 0 Å². The van der Waals surface area contributed by atoms with Gasteiger partial charge < -0.3 is 0 Å². The van der Waals surface area contributed by atoms with Crippen LogP contribution in [0.1, 0.15) is 114 Å². The molecule has 1 saturated carbocycles. The molecule has 3 heteroatoms. The summed E-state index contributed by atoms with van der Waals surface area (Å²) in [5.41, 5.74) is 3.82. The molecule has 4 rings (SSSR count). The molecule has 0 aliphatic heterocycles. The van der Waals surface area contributed by atoms with Gasteiger partial charge in [-0.3, -0.25) is 4.98 Å². The molecule has 0 saturated heterocycles. The quantitative estimate of drug-likeness (QED) is 0.295. The lowest BCUT2D eigenvalue weighted by Crippen LogP contribution is -2.12. The maximum absolute atomic E-state index is 13.4. The molecule has 3 unspecified atom stereocenters. The van der Waals surface area contributed by atoms with Crippen LogP contribution in [0.25, 0.3) is 0 Å². The lowest BCUT2D eigenvalue weighted by atomic mass is 9.76. The SMILES string of the molecule is C1CCCCC1.CCC.CSc1ccc(C(C)CC(c2ccncc2)C(C)c2ccc(F)cc2)cc1. The molecule has 1 nitrogen and oxygen atoms in total. The molecule has 0 spiro atoms. The van der Waals surface area contributed by atoms with Gasteiger partial charge in [0.1, 0.15) is 5.82 Å². The molecule has 0 bridgehead atoms. The van der Waals surface area contributed by atoms with E-state index in [0.29, 0.717) is 17.8 Å². The van der Waals surface area contributed by atoms with E-state index in [9.17, 15) is 4.39 Å². The number of hydrogen-bond acceptors (Lipinski definition) is 2. The number of benzene rings is 2. The van der Waals surface area contributed by atoms with Crippen LogP contribution in [0.5, 0.6) is 0 Å². The molecule has 1 heterocycles. The molecule has 196 valence electrons. The Balaban J connectivity index is 0.000000430. The Hall–Kier alpha value is -2.13. The highest BCUT2D eigenvalue weighted by Gasteiger charge is 2.24. The fourth-order valence-corrected chi connectivity index (χ4v) is 5.16. The molecule has 36 heavy (non-hydrogen) atoms. The Kier molecular flexibility index (Phi) is 14.5. The summed E-state index contributed by atoms with van der Waals surface area (Å²) in [5, 5.41) is 0. The zero-order valence-corrected chi connectivity index (χ0v) is 23.9. The van der Waals surface area contributed by atoms with Gasteiger partial charge in [0.2, 0.25) is 0 Å². The zero-order chi connectivity index (χ0) is 26.2. The summed E-state index contributed by atoms with van der Waals surface area (Å²) >= 11 is 1.77. The van der Waals surface area contributed by atoms with Crippen LogP contribution in [0.4, 0.5) is 4.39 Å². The zero-order valence-electron chi connectivity index (χ0n) is 23.1. The molecule has 1 aliphatic rings. The predicted octanol–water partition coefficient (Wildman–Crippen LogP) is 10.8. The summed E-state index contributed by atoms with van der Waals surface area (Å²) in [4.78, 5) is 5.46. The number of hydrogen-bond donors (Lipinski definition) is 0. The van der Waals surface area contributed by atoms with Crippen molar-refractivity contribution in [3.63, 3.8) is 0 Å². The van der Waals surface area contributed by atoms with Crippen LogP contribution in [0.3, 0.4) is 0 Å². The van der Waals surface area contributed by atoms with E-state index in [1.165, 1.54) is 66.5 Å². The monoisotopic (exact) mass is 507 g/mol. The van der Waals surface area contributed by atoms with Gasteiger partial charge in [0.15, 0.2) is 0 Å². The highest BCUT2D eigenvalue weighted by atomic mass is 32.2. The van der Waals surface area contributed by atoms with Crippen molar-refractivity contribution in [2.24, 2.45) is 0 Å². The van der Waals surface area contributed by atoms with Crippen molar-refractivity contribution in [1.82, 2.24) is 4.98 Å². The van der Waals surface area contributed by atoms with Crippen LogP contribution in [-0.4, -0.2) is 11.2 Å². The minimum absolute atomic E-state index is 0.186. The standard InChI is InChI=1S/C24H26FNS.C6H12.C3H8/c1-17(19-6-10-23(27-3)11-7-19)16-24(21-12-14-26-15-13-21)18(2)20-4-8-22(25)9-5-20;1-2-4-6-5-3-1;1-3-2/h4-15,17-18,24H,16H2,1-3H3;1-6H2;3H2,1-2H3. The van der Waals surface area contributed by atoms with Crippen molar-refractivity contribution in [3.8, 4) is 0 Å². The van der Waals surface area contributed by atoms with E-state index in [1.54, 1.807) is 23.9 Å². The van der Waals surface area contributed by atoms with Crippen LogP contribution in [-0.2, 0) is 0 Å². The molecule has 3 aromatic rings. The summed E-state index contributed by atoms with van der Waals surface area (Å²) < 4.78 is 13.4. The van der Waals surface area contributed by atoms with Gasteiger partial charge in [-0.25, -0.2) is 4.39 Å². The fourth-order valence-electron chi connectivity index (χ4n) is 4.75. The number of aromatic nitrogens is 1. The van der Waals surface area contributed by atoms with E-state index in [4.69, 9.17) is 0 Å². The van der Waals surface area contributed by atoms with E-state index < -0.39 is 0 Å². The average Bonchev–Trinajstić information content (AvgIpc) is 2.94. The Labute approximate surface area is 224 Å². The number of pyridine rings is 1. The second-order valence-electron chi connectivity index (χ2n) is 9.97. The first kappa shape index (κ1) is 30.1. The molecule has 2 aromatic carbocycles. The predicted molar refractivity (Wildman–Crippen MR) is 157 cm³/mol. The van der Waals surface area contributed by atoms with Crippen molar-refractivity contribution < 1.29 is 4.39 Å². The number of nitrogens with zero attached hydrogens (tertiary/aromatic N) is 1. The van der Waals surface area contributed by atoms with E-state index in [2.05, 4.69) is 75.3 Å². The van der Waals surface area contributed by atoms with Gasteiger partial charge in [0.05, 0.1) is 0 Å². The lowest BCUT2D eigenvalue weighted by molar-refractivity contribution is 0.492. The van der Waals surface area contributed by atoms with Gasteiger partial charge in [-0.1, -0.05) is 96.9 Å². The molecule has 0 N–H and O–H groups in total. The van der Waals surface area contributed by atoms with Gasteiger partial charge in [-0.2, -0.15) is 0 Å². The van der Waals surface area contributed by atoms with E-state index in [-0.39, 0.29) is 5.82 Å². The molecule has 0 amide bonds. The minimum atomic E-state index is -0.186. The van der Waals surface area contributed by atoms with Gasteiger partial charge in [-0.05, 0) is 83.5 Å². The van der Waals surface area contributed by atoms with Gasteiger partial charge in [-0.15, -0.1) is 11.8 Å². The third kappa shape index (κ3) is 10.5. The average molecular weight is 508 g/mol. The third-order valence-corrected chi connectivity index (χ3v) is 7.67. The van der Waals surface area contributed by atoms with Crippen molar-refractivity contribution in [3.05, 3.63) is 95.6 Å². The van der Waals surface area contributed by atoms with Crippen LogP contribution >= 0.6 is 11.8 Å². The van der Waals surface area contributed by atoms with Crippen LogP contribution in [0.2, 0.25) is 0 Å². The number of rotatable bonds is 7. The molecular weight excluding hydrogens is 461 g/mol. The maximum atomic E-state index is 13.4. The molecule has 1 fully saturated rings. The van der Waals surface area contributed by atoms with Crippen molar-refractivity contribution in [2.45, 2.75) is 102 Å². The molecular formula is C33H46FNS.